The number of carbonyl (C=O) groups is 4. The third-order valence-electron chi connectivity index (χ3n) is 12.8. The monoisotopic (exact) mass is 847 g/mol. The predicted octanol–water partition coefficient (Wildman–Crippen LogP) is 7.88. The second-order valence-electron chi connectivity index (χ2n) is 15.8. The quantitative estimate of drug-likeness (QED) is 0.0700. The van der Waals surface area contributed by atoms with Gasteiger partial charge in [-0.25, -0.2) is 9.80 Å². The molecule has 0 spiro atoms. The number of nitrogens with zero attached hydrogens (tertiary/aromatic N) is 5. The Bertz CT molecular complexity index is 2770. The Kier molecular flexibility index (Phi) is 9.24. The molecule has 2 aliphatic heterocycles. The van der Waals surface area contributed by atoms with Gasteiger partial charge in [0.15, 0.2) is 11.5 Å². The number of allylic oxidation sites excluding steroid dienone is 3. The zero-order valence-corrected chi connectivity index (χ0v) is 34.6. The van der Waals surface area contributed by atoms with Crippen LogP contribution in [0.1, 0.15) is 30.9 Å². The fraction of sp³-hybridized carbons (Fsp3) is 0.295. The number of imide groups is 2. The van der Waals surface area contributed by atoms with Gasteiger partial charge in [0, 0.05) is 40.9 Å². The number of aromatic hydroxyl groups is 1. The van der Waals surface area contributed by atoms with E-state index in [1.165, 1.54) is 59.4 Å². The molecule has 0 unspecified atom stereocenters. The van der Waals surface area contributed by atoms with E-state index in [-0.39, 0.29) is 41.5 Å². The summed E-state index contributed by atoms with van der Waals surface area (Å²) in [5.74, 6) is -5.33. The average Bonchev–Trinajstić information content (AvgIpc) is 3.90. The van der Waals surface area contributed by atoms with Crippen molar-refractivity contribution in [2.45, 2.75) is 26.7 Å². The van der Waals surface area contributed by atoms with Crippen LogP contribution < -0.4 is 19.3 Å². The van der Waals surface area contributed by atoms with Crippen LogP contribution in [0.15, 0.2) is 78.4 Å². The molecule has 2 aliphatic carbocycles. The number of non-ortho nitro benzene ring substituents is 1. The van der Waals surface area contributed by atoms with Crippen molar-refractivity contribution in [2.75, 3.05) is 24.0 Å². The van der Waals surface area contributed by atoms with Crippen molar-refractivity contribution in [2.24, 2.45) is 42.1 Å². The average molecular weight is 848 g/mol. The molecule has 4 amide bonds. The molecule has 6 atom stereocenters. The number of amides is 4. The van der Waals surface area contributed by atoms with Crippen LogP contribution in [0.2, 0.25) is 5.02 Å². The number of hydrogen-bond donors (Lipinski definition) is 1. The standard InChI is InChI=1S/C44H38ClN5O9S/c1-21-28-17-23(45)10-14-35(28)60-39(21)32-20-36(47(3)46-32)49-41(53)31-19-29-26(11-12-27-37(29)42(54)48(40(27)52)24-7-6-8-25(18-24)50(56)57)30(44(31,2)43(49)55)13-9-22-15-33(58-4)38(51)34(16-22)59-5/h6-11,13-18,20,27,29-31,37,51H,12,19H2,1-5H3/t27-,29+,30-,31-,37-,44-/m0/s1. The van der Waals surface area contributed by atoms with Crippen molar-refractivity contribution >= 4 is 79.9 Å². The first-order valence-corrected chi connectivity index (χ1v) is 20.4. The lowest BCUT2D eigenvalue weighted by Gasteiger charge is -2.47. The van der Waals surface area contributed by atoms with Crippen molar-refractivity contribution in [1.82, 2.24) is 9.78 Å². The Balaban J connectivity index is 1.14. The number of phenols is 1. The number of anilines is 2. The SMILES string of the molecule is COc1cc(C=C[C@H]2C3=CC[C@@H]4C(=O)N(c5cccc([N+](=O)[O-])c5)C(=O)[C@@H]4[C@@H]3C[C@H]3C(=O)N(c4cc(-c5sc6ccc(Cl)cc6c5C)nn4C)C(=O)[C@@]23C)cc(OC)c1O. The third kappa shape index (κ3) is 5.69. The molecule has 3 aromatic carbocycles. The minimum absolute atomic E-state index is 0.102. The number of ether oxygens (including phenoxy) is 2. The van der Waals surface area contributed by atoms with E-state index in [1.54, 1.807) is 38.2 Å². The minimum atomic E-state index is -1.34. The molecule has 2 aromatic heterocycles. The van der Waals surface area contributed by atoms with Crippen LogP contribution in [0.5, 0.6) is 17.2 Å². The van der Waals surface area contributed by atoms with Crippen LogP contribution >= 0.6 is 22.9 Å². The summed E-state index contributed by atoms with van der Waals surface area (Å²) in [7, 11) is 4.52. The van der Waals surface area contributed by atoms with Gasteiger partial charge in [-0.1, -0.05) is 41.5 Å². The fourth-order valence-corrected chi connectivity index (χ4v) is 11.2. The Morgan fingerprint density at radius 1 is 0.983 bits per heavy atom. The number of hydrogen-bond acceptors (Lipinski definition) is 11. The number of rotatable bonds is 8. The Morgan fingerprint density at radius 2 is 1.72 bits per heavy atom. The van der Waals surface area contributed by atoms with Gasteiger partial charge < -0.3 is 14.6 Å². The van der Waals surface area contributed by atoms with Crippen LogP contribution in [0.4, 0.5) is 17.2 Å². The zero-order valence-electron chi connectivity index (χ0n) is 33.0. The second-order valence-corrected chi connectivity index (χ2v) is 17.3. The van der Waals surface area contributed by atoms with Crippen molar-refractivity contribution in [3.63, 3.8) is 0 Å². The number of fused-ring (bicyclic) bond motifs is 5. The fourth-order valence-electron chi connectivity index (χ4n) is 9.87. The molecular weight excluding hydrogens is 810 g/mol. The summed E-state index contributed by atoms with van der Waals surface area (Å²) in [6.07, 6.45) is 5.82. The highest BCUT2D eigenvalue weighted by molar-refractivity contribution is 7.22. The molecule has 9 rings (SSSR count). The van der Waals surface area contributed by atoms with Crippen LogP contribution in [0.25, 0.3) is 26.7 Å². The Labute approximate surface area is 352 Å². The largest absolute Gasteiger partial charge is 0.502 e. The molecule has 14 nitrogen and oxygen atoms in total. The molecule has 5 aromatic rings. The van der Waals surface area contributed by atoms with Gasteiger partial charge in [0.2, 0.25) is 29.4 Å². The molecule has 3 fully saturated rings. The maximum Gasteiger partial charge on any atom is 0.271 e. The number of carbonyl (C=O) groups excluding carboxylic acids is 4. The summed E-state index contributed by atoms with van der Waals surface area (Å²) >= 11 is 7.86. The van der Waals surface area contributed by atoms with Gasteiger partial charge in [0.1, 0.15) is 11.5 Å². The first-order valence-electron chi connectivity index (χ1n) is 19.2. The van der Waals surface area contributed by atoms with E-state index in [0.29, 0.717) is 22.1 Å². The van der Waals surface area contributed by atoms with Crippen LogP contribution in [-0.2, 0) is 26.2 Å². The predicted molar refractivity (Wildman–Crippen MR) is 225 cm³/mol. The summed E-state index contributed by atoms with van der Waals surface area (Å²) < 4.78 is 13.3. The van der Waals surface area contributed by atoms with E-state index in [1.807, 2.05) is 37.3 Å². The number of aromatic nitrogens is 2. The normalized spacial score (nSPS) is 24.9. The summed E-state index contributed by atoms with van der Waals surface area (Å²) in [5, 5.41) is 28.6. The number of thiophene rings is 1. The van der Waals surface area contributed by atoms with E-state index >= 15 is 4.79 Å². The summed E-state index contributed by atoms with van der Waals surface area (Å²) in [6.45, 7) is 3.76. The van der Waals surface area contributed by atoms with E-state index in [0.717, 1.165) is 31.0 Å². The van der Waals surface area contributed by atoms with Crippen molar-refractivity contribution in [3.05, 3.63) is 105 Å². The minimum Gasteiger partial charge on any atom is -0.502 e. The summed E-state index contributed by atoms with van der Waals surface area (Å²) in [4.78, 5) is 72.8. The van der Waals surface area contributed by atoms with Gasteiger partial charge in [-0.15, -0.1) is 11.3 Å². The van der Waals surface area contributed by atoms with E-state index in [2.05, 4.69) is 0 Å². The molecule has 306 valence electrons. The van der Waals surface area contributed by atoms with Gasteiger partial charge in [0.25, 0.3) is 5.69 Å². The molecule has 2 saturated heterocycles. The highest BCUT2D eigenvalue weighted by Gasteiger charge is 2.67. The molecule has 1 saturated carbocycles. The maximum absolute atomic E-state index is 15.2. The van der Waals surface area contributed by atoms with Crippen LogP contribution in [-0.4, -0.2) is 57.7 Å². The highest BCUT2D eigenvalue weighted by atomic mass is 35.5. The van der Waals surface area contributed by atoms with E-state index < -0.39 is 63.6 Å². The first-order chi connectivity index (χ1) is 28.7. The highest BCUT2D eigenvalue weighted by Crippen LogP contribution is 2.61. The maximum atomic E-state index is 15.2. The lowest BCUT2D eigenvalue weighted by Crippen LogP contribution is -2.49. The van der Waals surface area contributed by atoms with Gasteiger partial charge in [0.05, 0.1) is 52.9 Å². The number of phenolic OH excluding ortho intramolecular Hbond substituents is 1. The zero-order chi connectivity index (χ0) is 42.5. The number of nitro groups is 1. The number of benzene rings is 3. The molecule has 16 heteroatoms. The van der Waals surface area contributed by atoms with Gasteiger partial charge in [-0.2, -0.15) is 5.10 Å². The first kappa shape index (κ1) is 39.2. The topological polar surface area (TPSA) is 174 Å². The number of nitro benzene ring substituents is 1. The summed E-state index contributed by atoms with van der Waals surface area (Å²) in [6, 6.07) is 16.1. The Morgan fingerprint density at radius 3 is 2.42 bits per heavy atom. The molecular formula is C44H38ClN5O9S. The second kappa shape index (κ2) is 14.2. The van der Waals surface area contributed by atoms with Crippen molar-refractivity contribution in [3.8, 4) is 27.8 Å². The molecule has 0 bridgehead atoms. The smallest absolute Gasteiger partial charge is 0.271 e. The summed E-state index contributed by atoms with van der Waals surface area (Å²) in [5.41, 5.74) is 1.38. The Hall–Kier alpha value is -6.32. The number of aryl methyl sites for hydroxylation is 2. The lowest BCUT2D eigenvalue weighted by molar-refractivity contribution is -0.384. The third-order valence-corrected chi connectivity index (χ3v) is 14.4. The van der Waals surface area contributed by atoms with Gasteiger partial charge >= 0.3 is 0 Å². The molecule has 1 N–H and O–H groups in total. The van der Waals surface area contributed by atoms with Crippen molar-refractivity contribution in [1.29, 1.82) is 0 Å². The molecule has 60 heavy (non-hydrogen) atoms. The van der Waals surface area contributed by atoms with Crippen molar-refractivity contribution < 1.29 is 38.7 Å². The molecule has 4 heterocycles. The number of halogens is 1. The van der Waals surface area contributed by atoms with Gasteiger partial charge in [-0.3, -0.25) is 34.0 Å². The van der Waals surface area contributed by atoms with Crippen LogP contribution in [0, 0.1) is 52.0 Å². The molecule has 0 radical (unpaired) electrons. The van der Waals surface area contributed by atoms with Crippen LogP contribution in [0.3, 0.4) is 0 Å². The lowest BCUT2D eigenvalue weighted by atomic mass is 9.52. The van der Waals surface area contributed by atoms with E-state index in [4.69, 9.17) is 26.2 Å². The van der Waals surface area contributed by atoms with E-state index in [9.17, 15) is 29.6 Å². The molecule has 4 aliphatic rings. The number of methoxy groups -OCH3 is 2. The van der Waals surface area contributed by atoms with Gasteiger partial charge in [-0.05, 0) is 85.5 Å².